The van der Waals surface area contributed by atoms with E-state index in [0.29, 0.717) is 19.6 Å². The number of phenolic OH excluding ortho intramolecular Hbond substituents is 2. The summed E-state index contributed by atoms with van der Waals surface area (Å²) in [6, 6.07) is 12.9. The molecule has 2 aromatic carbocycles. The van der Waals surface area contributed by atoms with Crippen LogP contribution in [0.2, 0.25) is 0 Å². The summed E-state index contributed by atoms with van der Waals surface area (Å²) in [4.78, 5) is 1.91. The predicted molar refractivity (Wildman–Crippen MR) is 113 cm³/mol. The van der Waals surface area contributed by atoms with E-state index in [1.54, 1.807) is 18.2 Å². The number of aliphatic hydroxyl groups excluding tert-OH is 2. The van der Waals surface area contributed by atoms with Crippen molar-refractivity contribution in [2.45, 2.75) is 33.2 Å². The van der Waals surface area contributed by atoms with E-state index in [0.717, 1.165) is 29.5 Å². The zero-order valence-electron chi connectivity index (χ0n) is 16.7. The molecule has 0 radical (unpaired) electrons. The first kappa shape index (κ1) is 22.0. The molecule has 0 saturated heterocycles. The van der Waals surface area contributed by atoms with Crippen LogP contribution in [-0.2, 0) is 6.54 Å². The lowest BCUT2D eigenvalue weighted by Gasteiger charge is -2.22. The predicted octanol–water partition coefficient (Wildman–Crippen LogP) is 3.62. The Bertz CT molecular complexity index is 778. The number of phenols is 2. The van der Waals surface area contributed by atoms with Crippen molar-refractivity contribution < 1.29 is 20.4 Å². The minimum atomic E-state index is 0.00139. The molecular formula is C23H31NO4. The summed E-state index contributed by atoms with van der Waals surface area (Å²) >= 11 is 0. The van der Waals surface area contributed by atoms with Crippen molar-refractivity contribution in [2.75, 3.05) is 26.3 Å². The van der Waals surface area contributed by atoms with Gasteiger partial charge in [0.15, 0.2) is 0 Å². The maximum absolute atomic E-state index is 10.3. The van der Waals surface area contributed by atoms with Crippen molar-refractivity contribution in [3.05, 3.63) is 59.2 Å². The van der Waals surface area contributed by atoms with Gasteiger partial charge in [-0.2, -0.15) is 0 Å². The lowest BCUT2D eigenvalue weighted by molar-refractivity contribution is 0.155. The van der Waals surface area contributed by atoms with Crippen LogP contribution in [-0.4, -0.2) is 51.6 Å². The Kier molecular flexibility index (Phi) is 8.51. The summed E-state index contributed by atoms with van der Waals surface area (Å²) in [5.74, 6) is 0.458. The fraction of sp³-hybridized carbons (Fsp3) is 0.391. The first-order valence-corrected chi connectivity index (χ1v) is 9.81. The minimum Gasteiger partial charge on any atom is -0.508 e. The average Bonchev–Trinajstić information content (AvgIpc) is 2.69. The van der Waals surface area contributed by atoms with Gasteiger partial charge in [-0.05, 0) is 59.4 Å². The molecule has 0 aliphatic rings. The molecule has 0 atom stereocenters. The normalized spacial score (nSPS) is 12.3. The van der Waals surface area contributed by atoms with Crippen molar-refractivity contribution >= 4 is 11.1 Å². The van der Waals surface area contributed by atoms with Crippen molar-refractivity contribution in [2.24, 2.45) is 0 Å². The van der Waals surface area contributed by atoms with E-state index < -0.39 is 0 Å². The second kappa shape index (κ2) is 10.9. The Morgan fingerprint density at radius 3 is 1.86 bits per heavy atom. The lowest BCUT2D eigenvalue weighted by atomic mass is 9.90. The Morgan fingerprint density at radius 1 is 0.786 bits per heavy atom. The smallest absolute Gasteiger partial charge is 0.120 e. The van der Waals surface area contributed by atoms with Gasteiger partial charge in [-0.15, -0.1) is 0 Å². The molecule has 5 heteroatoms. The van der Waals surface area contributed by atoms with Gasteiger partial charge in [-0.25, -0.2) is 0 Å². The van der Waals surface area contributed by atoms with Gasteiger partial charge in [-0.1, -0.05) is 32.0 Å². The van der Waals surface area contributed by atoms with Crippen LogP contribution in [0.15, 0.2) is 42.5 Å². The largest absolute Gasteiger partial charge is 0.508 e. The highest BCUT2D eigenvalue weighted by atomic mass is 16.3. The number of rotatable bonds is 10. The molecule has 0 fully saturated rings. The van der Waals surface area contributed by atoms with Crippen LogP contribution in [0.25, 0.3) is 11.1 Å². The first-order valence-electron chi connectivity index (χ1n) is 9.81. The number of hydrogen-bond acceptors (Lipinski definition) is 5. The SMILES string of the molecule is CC/C(=C(/CC)c1ccc(O)c(CN(CCO)CCO)c1)c1ccc(O)cc1. The van der Waals surface area contributed by atoms with Crippen LogP contribution in [0, 0.1) is 0 Å². The van der Waals surface area contributed by atoms with Crippen molar-refractivity contribution in [3.63, 3.8) is 0 Å². The molecule has 2 rings (SSSR count). The Labute approximate surface area is 167 Å². The van der Waals surface area contributed by atoms with Crippen LogP contribution in [0.1, 0.15) is 43.4 Å². The molecule has 0 unspecified atom stereocenters. The van der Waals surface area contributed by atoms with Gasteiger partial charge in [0.05, 0.1) is 13.2 Å². The van der Waals surface area contributed by atoms with Gasteiger partial charge < -0.3 is 20.4 Å². The minimum absolute atomic E-state index is 0.00139. The molecule has 0 aliphatic heterocycles. The first-order chi connectivity index (χ1) is 13.5. The molecule has 0 spiro atoms. The number of hydrogen-bond donors (Lipinski definition) is 4. The summed E-state index contributed by atoms with van der Waals surface area (Å²) in [5, 5.41) is 38.4. The quantitative estimate of drug-likeness (QED) is 0.470. The van der Waals surface area contributed by atoms with Crippen LogP contribution < -0.4 is 0 Å². The molecule has 0 aromatic heterocycles. The van der Waals surface area contributed by atoms with E-state index in [-0.39, 0.29) is 24.7 Å². The Morgan fingerprint density at radius 2 is 1.32 bits per heavy atom. The fourth-order valence-electron chi connectivity index (χ4n) is 3.54. The molecule has 152 valence electrons. The third-order valence-corrected chi connectivity index (χ3v) is 4.94. The molecule has 0 bridgehead atoms. The van der Waals surface area contributed by atoms with Gasteiger partial charge in [0.25, 0.3) is 0 Å². The van der Waals surface area contributed by atoms with E-state index >= 15 is 0 Å². The van der Waals surface area contributed by atoms with Crippen molar-refractivity contribution in [1.82, 2.24) is 4.90 Å². The van der Waals surface area contributed by atoms with Gasteiger partial charge >= 0.3 is 0 Å². The molecule has 0 saturated carbocycles. The van der Waals surface area contributed by atoms with Gasteiger partial charge in [0, 0.05) is 25.2 Å². The summed E-state index contributed by atoms with van der Waals surface area (Å²) in [6.07, 6.45) is 1.69. The summed E-state index contributed by atoms with van der Waals surface area (Å²) in [5.41, 5.74) is 5.31. The zero-order valence-corrected chi connectivity index (χ0v) is 16.7. The standard InChI is InChI=1S/C23H31NO4/c1-3-21(17-5-8-20(27)9-6-17)22(4-2)18-7-10-23(28)19(15-18)16-24(11-13-25)12-14-26/h5-10,15,25-28H,3-4,11-14,16H2,1-2H3/b22-21+. The van der Waals surface area contributed by atoms with Gasteiger partial charge in [0.1, 0.15) is 11.5 Å². The average molecular weight is 386 g/mol. The summed E-state index contributed by atoms with van der Waals surface area (Å²) < 4.78 is 0. The van der Waals surface area contributed by atoms with E-state index in [9.17, 15) is 20.4 Å². The molecule has 0 heterocycles. The summed E-state index contributed by atoms with van der Waals surface area (Å²) in [7, 11) is 0. The van der Waals surface area contributed by atoms with Crippen molar-refractivity contribution in [1.29, 1.82) is 0 Å². The van der Waals surface area contributed by atoms with E-state index in [2.05, 4.69) is 13.8 Å². The highest BCUT2D eigenvalue weighted by Crippen LogP contribution is 2.34. The maximum Gasteiger partial charge on any atom is 0.120 e. The van der Waals surface area contributed by atoms with E-state index in [4.69, 9.17) is 0 Å². The van der Waals surface area contributed by atoms with E-state index in [1.165, 1.54) is 11.1 Å². The molecule has 28 heavy (non-hydrogen) atoms. The lowest BCUT2D eigenvalue weighted by Crippen LogP contribution is -2.29. The third-order valence-electron chi connectivity index (χ3n) is 4.94. The zero-order chi connectivity index (χ0) is 20.5. The second-order valence-corrected chi connectivity index (χ2v) is 6.78. The number of aromatic hydroxyl groups is 2. The number of allylic oxidation sites excluding steroid dienone is 2. The van der Waals surface area contributed by atoms with Gasteiger partial charge in [-0.3, -0.25) is 4.90 Å². The van der Waals surface area contributed by atoms with Gasteiger partial charge in [0.2, 0.25) is 0 Å². The molecule has 0 aliphatic carbocycles. The highest BCUT2D eigenvalue weighted by molar-refractivity contribution is 5.91. The van der Waals surface area contributed by atoms with Crippen LogP contribution in [0.5, 0.6) is 11.5 Å². The second-order valence-electron chi connectivity index (χ2n) is 6.78. The topological polar surface area (TPSA) is 84.2 Å². The van der Waals surface area contributed by atoms with Crippen LogP contribution >= 0.6 is 0 Å². The molecule has 2 aromatic rings. The number of nitrogens with zero attached hydrogens (tertiary/aromatic N) is 1. The Hall–Kier alpha value is -2.34. The third kappa shape index (κ3) is 5.58. The number of benzene rings is 2. The molecular weight excluding hydrogens is 354 g/mol. The molecule has 0 amide bonds. The fourth-order valence-corrected chi connectivity index (χ4v) is 3.54. The van der Waals surface area contributed by atoms with Crippen LogP contribution in [0.3, 0.4) is 0 Å². The van der Waals surface area contributed by atoms with Crippen molar-refractivity contribution in [3.8, 4) is 11.5 Å². The monoisotopic (exact) mass is 385 g/mol. The van der Waals surface area contributed by atoms with E-state index in [1.807, 2.05) is 29.2 Å². The highest BCUT2D eigenvalue weighted by Gasteiger charge is 2.13. The number of aliphatic hydroxyl groups is 2. The maximum atomic E-state index is 10.3. The molecule has 5 nitrogen and oxygen atoms in total. The van der Waals surface area contributed by atoms with Crippen LogP contribution in [0.4, 0.5) is 0 Å². The summed E-state index contributed by atoms with van der Waals surface area (Å²) in [6.45, 7) is 5.56. The Balaban J connectivity index is 2.44. The molecule has 4 N–H and O–H groups in total.